The third-order valence-corrected chi connectivity index (χ3v) is 6.47. The number of ether oxygens (including phenoxy) is 2. The minimum Gasteiger partial charge on any atom is -0.493 e. The number of aliphatic hydroxyl groups excluding tert-OH is 1. The molecule has 2 heterocycles. The van der Waals surface area contributed by atoms with Crippen molar-refractivity contribution in [2.75, 3.05) is 38.9 Å². The Hall–Kier alpha value is -2.88. The monoisotopic (exact) mass is 505 g/mol. The second kappa shape index (κ2) is 10.4. The van der Waals surface area contributed by atoms with Crippen LogP contribution in [0.2, 0.25) is 5.02 Å². The van der Waals surface area contributed by atoms with E-state index < -0.39 is 18.3 Å². The lowest BCUT2D eigenvalue weighted by atomic mass is 9.97. The van der Waals surface area contributed by atoms with Gasteiger partial charge in [-0.2, -0.15) is 4.98 Å². The van der Waals surface area contributed by atoms with Gasteiger partial charge in [0.25, 0.3) is 11.9 Å². The quantitative estimate of drug-likeness (QED) is 0.461. The van der Waals surface area contributed by atoms with E-state index in [4.69, 9.17) is 25.5 Å². The average Bonchev–Trinajstić information content (AvgIpc) is 3.26. The number of rotatable bonds is 8. The fourth-order valence-electron chi connectivity index (χ4n) is 4.22. The van der Waals surface area contributed by atoms with Crippen LogP contribution in [-0.4, -0.2) is 66.1 Å². The van der Waals surface area contributed by atoms with Crippen LogP contribution < -0.4 is 10.1 Å². The minimum atomic E-state index is -0.715. The summed E-state index contributed by atoms with van der Waals surface area (Å²) in [6.07, 6.45) is 0.423. The van der Waals surface area contributed by atoms with Crippen LogP contribution in [0, 0.1) is 0 Å². The molecule has 0 spiro atoms. The number of nitrogens with one attached hydrogen (secondary N) is 1. The summed E-state index contributed by atoms with van der Waals surface area (Å²) in [5, 5.41) is 12.8. The van der Waals surface area contributed by atoms with Crippen molar-refractivity contribution in [3.05, 3.63) is 52.5 Å². The summed E-state index contributed by atoms with van der Waals surface area (Å²) in [6, 6.07) is 9.36. The number of halogens is 2. The highest BCUT2D eigenvalue weighted by molar-refractivity contribution is 6.30. The molecule has 0 saturated carbocycles. The van der Waals surface area contributed by atoms with Crippen molar-refractivity contribution >= 4 is 34.6 Å². The molecule has 1 aliphatic rings. The lowest BCUT2D eigenvalue weighted by Crippen LogP contribution is -2.56. The van der Waals surface area contributed by atoms with Crippen molar-refractivity contribution in [3.63, 3.8) is 0 Å². The van der Waals surface area contributed by atoms with Gasteiger partial charge in [-0.15, -0.1) is 0 Å². The van der Waals surface area contributed by atoms with E-state index >= 15 is 0 Å². The number of fused-ring (bicyclic) bond motifs is 1. The number of amides is 1. The predicted octanol–water partition coefficient (Wildman–Crippen LogP) is 4.61. The first kappa shape index (κ1) is 25.2. The maximum atomic E-state index is 13.8. The zero-order chi connectivity index (χ0) is 25.2. The molecular formula is C25H29ClFN3O5. The largest absolute Gasteiger partial charge is 0.493 e. The minimum absolute atomic E-state index is 0.0313. The molecule has 1 aliphatic heterocycles. The van der Waals surface area contributed by atoms with Gasteiger partial charge in [-0.05, 0) is 43.7 Å². The summed E-state index contributed by atoms with van der Waals surface area (Å²) in [5.41, 5.74) is 1.15. The van der Waals surface area contributed by atoms with Crippen LogP contribution in [0.1, 0.15) is 42.2 Å². The smallest absolute Gasteiger partial charge is 0.296 e. The number of anilines is 1. The highest BCUT2D eigenvalue weighted by atomic mass is 35.5. The van der Waals surface area contributed by atoms with Crippen LogP contribution in [-0.2, 0) is 4.74 Å². The third kappa shape index (κ3) is 5.37. The first-order chi connectivity index (χ1) is 16.8. The Morgan fingerprint density at radius 1 is 1.43 bits per heavy atom. The van der Waals surface area contributed by atoms with Crippen LogP contribution in [0.4, 0.5) is 10.4 Å². The molecule has 10 heteroatoms. The second-order valence-corrected chi connectivity index (χ2v) is 9.41. The zero-order valence-electron chi connectivity index (χ0n) is 19.9. The van der Waals surface area contributed by atoms with Crippen molar-refractivity contribution in [2.24, 2.45) is 0 Å². The molecule has 3 aromatic rings. The van der Waals surface area contributed by atoms with Crippen molar-refractivity contribution < 1.29 is 28.2 Å². The number of nitrogens with zero attached hydrogens (tertiary/aromatic N) is 2. The van der Waals surface area contributed by atoms with Crippen LogP contribution in [0.25, 0.3) is 11.1 Å². The molecule has 188 valence electrons. The Morgan fingerprint density at radius 2 is 2.23 bits per heavy atom. The molecule has 3 atom stereocenters. The lowest BCUT2D eigenvalue weighted by Gasteiger charge is -2.44. The molecule has 2 N–H and O–H groups in total. The number of oxazole rings is 1. The van der Waals surface area contributed by atoms with Crippen molar-refractivity contribution in [1.29, 1.82) is 0 Å². The van der Waals surface area contributed by atoms with Gasteiger partial charge in [-0.25, -0.2) is 4.39 Å². The summed E-state index contributed by atoms with van der Waals surface area (Å²) in [6.45, 7) is 3.77. The van der Waals surface area contributed by atoms with Gasteiger partial charge in [-0.3, -0.25) is 4.79 Å². The molecule has 1 unspecified atom stereocenters. The molecule has 2 aromatic carbocycles. The highest BCUT2D eigenvalue weighted by Crippen LogP contribution is 2.33. The van der Waals surface area contributed by atoms with Gasteiger partial charge in [0.2, 0.25) is 0 Å². The molecule has 1 amide bonds. The summed E-state index contributed by atoms with van der Waals surface area (Å²) in [7, 11) is 1.48. The number of alkyl halides is 1. The molecule has 0 radical (unpaired) electrons. The summed E-state index contributed by atoms with van der Waals surface area (Å²) < 4.78 is 31.0. The van der Waals surface area contributed by atoms with Crippen molar-refractivity contribution in [3.8, 4) is 5.75 Å². The van der Waals surface area contributed by atoms with E-state index in [1.807, 2.05) is 13.8 Å². The molecule has 1 saturated heterocycles. The van der Waals surface area contributed by atoms with Crippen molar-refractivity contribution in [2.45, 2.75) is 38.0 Å². The van der Waals surface area contributed by atoms with Crippen LogP contribution in [0.5, 0.6) is 5.75 Å². The Kier molecular flexibility index (Phi) is 7.49. The Labute approximate surface area is 208 Å². The molecular weight excluding hydrogens is 477 g/mol. The number of aromatic nitrogens is 1. The molecule has 1 fully saturated rings. The number of methoxy groups -OCH3 is 1. The topological polar surface area (TPSA) is 97.1 Å². The lowest BCUT2D eigenvalue weighted by molar-refractivity contribution is -0.117. The molecule has 8 nitrogen and oxygen atoms in total. The van der Waals surface area contributed by atoms with Gasteiger partial charge >= 0.3 is 0 Å². The van der Waals surface area contributed by atoms with Gasteiger partial charge in [0.05, 0.1) is 37.9 Å². The SMILES string of the molecule is COc1cc(C(=O)N2CC(C)(CCO)OC[C@H]2C)cc2nc(N[C@@H](CF)c3cccc(Cl)c3)oc12. The highest BCUT2D eigenvalue weighted by Gasteiger charge is 2.38. The van der Waals surface area contributed by atoms with Crippen LogP contribution >= 0.6 is 11.6 Å². The van der Waals surface area contributed by atoms with Gasteiger partial charge in [-0.1, -0.05) is 23.7 Å². The average molecular weight is 506 g/mol. The number of carbonyl (C=O) groups excluding carboxylic acids is 1. The number of carbonyl (C=O) groups is 1. The van der Waals surface area contributed by atoms with Crippen molar-refractivity contribution in [1.82, 2.24) is 9.88 Å². The Bertz CT molecular complexity index is 1210. The van der Waals surface area contributed by atoms with E-state index in [-0.39, 0.29) is 24.6 Å². The summed E-state index contributed by atoms with van der Waals surface area (Å²) in [4.78, 5) is 19.6. The third-order valence-electron chi connectivity index (χ3n) is 6.24. The van der Waals surface area contributed by atoms with Gasteiger partial charge in [0, 0.05) is 23.6 Å². The second-order valence-electron chi connectivity index (χ2n) is 8.97. The molecule has 0 aliphatic carbocycles. The Morgan fingerprint density at radius 3 is 2.91 bits per heavy atom. The van der Waals surface area contributed by atoms with Gasteiger partial charge in [0.15, 0.2) is 11.3 Å². The number of hydrogen-bond donors (Lipinski definition) is 2. The van der Waals surface area contributed by atoms with Crippen LogP contribution in [0.15, 0.2) is 40.8 Å². The fourth-order valence-corrected chi connectivity index (χ4v) is 4.42. The summed E-state index contributed by atoms with van der Waals surface area (Å²) >= 11 is 6.05. The predicted molar refractivity (Wildman–Crippen MR) is 131 cm³/mol. The number of aliphatic hydroxyl groups is 1. The van der Waals surface area contributed by atoms with Crippen LogP contribution in [0.3, 0.4) is 0 Å². The standard InChI is InChI=1S/C25H29ClFN3O5/c1-15-13-34-25(2,7-8-31)14-30(15)23(32)17-10-19-22(21(11-17)33-3)35-24(28-19)29-20(12-27)16-5-4-6-18(26)9-16/h4-6,9-11,15,20,31H,7-8,12-14H2,1-3H3,(H,28,29)/t15-,20+,25?/m1/s1. The van der Waals surface area contributed by atoms with E-state index in [2.05, 4.69) is 10.3 Å². The normalized spacial score (nSPS) is 21.2. The molecule has 0 bridgehead atoms. The molecule has 4 rings (SSSR count). The van der Waals surface area contributed by atoms with E-state index in [9.17, 15) is 14.3 Å². The van der Waals surface area contributed by atoms with E-state index in [0.717, 1.165) is 0 Å². The summed E-state index contributed by atoms with van der Waals surface area (Å²) in [5.74, 6) is 0.133. The first-order valence-corrected chi connectivity index (χ1v) is 11.8. The molecule has 35 heavy (non-hydrogen) atoms. The zero-order valence-corrected chi connectivity index (χ0v) is 20.6. The number of benzene rings is 2. The maximum absolute atomic E-state index is 13.8. The Balaban J connectivity index is 1.63. The first-order valence-electron chi connectivity index (χ1n) is 11.4. The number of morpholine rings is 1. The van der Waals surface area contributed by atoms with E-state index in [1.165, 1.54) is 7.11 Å². The molecule has 1 aromatic heterocycles. The van der Waals surface area contributed by atoms with Gasteiger partial charge < -0.3 is 29.2 Å². The maximum Gasteiger partial charge on any atom is 0.296 e. The fraction of sp³-hybridized carbons (Fsp3) is 0.440. The number of hydrogen-bond acceptors (Lipinski definition) is 7. The van der Waals surface area contributed by atoms with E-state index in [1.54, 1.807) is 41.3 Å². The van der Waals surface area contributed by atoms with Gasteiger partial charge in [0.1, 0.15) is 12.2 Å². The van der Waals surface area contributed by atoms with E-state index in [0.29, 0.717) is 52.6 Å².